The number of fused-ring (bicyclic) bond motifs is 1. The average molecular weight is 332 g/mol. The Kier molecular flexibility index (Phi) is 4.08. The number of hydrogen-bond donors (Lipinski definition) is 1. The van der Waals surface area contributed by atoms with Crippen LogP contribution in [0, 0.1) is 0 Å². The summed E-state index contributed by atoms with van der Waals surface area (Å²) in [6, 6.07) is 14.6. The fourth-order valence-electron chi connectivity index (χ4n) is 2.83. The fraction of sp³-hybridized carbons (Fsp3) is 0.294. The molecule has 2 N–H and O–H groups in total. The van der Waals surface area contributed by atoms with Crippen molar-refractivity contribution in [2.75, 3.05) is 0 Å². The first kappa shape index (κ1) is 13.7. The van der Waals surface area contributed by atoms with E-state index in [0.29, 0.717) is 6.54 Å². The maximum absolute atomic E-state index is 6.27. The van der Waals surface area contributed by atoms with E-state index in [9.17, 15) is 0 Å². The van der Waals surface area contributed by atoms with Crippen LogP contribution in [0.5, 0.6) is 5.75 Å². The first-order valence-electron chi connectivity index (χ1n) is 7.01. The molecular formula is C17H18BrNO. The van der Waals surface area contributed by atoms with Crippen molar-refractivity contribution in [1.29, 1.82) is 0 Å². The molecule has 0 saturated heterocycles. The van der Waals surface area contributed by atoms with Gasteiger partial charge < -0.3 is 10.5 Å². The maximum atomic E-state index is 6.27. The summed E-state index contributed by atoms with van der Waals surface area (Å²) in [6.07, 6.45) is 3.53. The van der Waals surface area contributed by atoms with Crippen molar-refractivity contribution < 1.29 is 4.74 Å². The van der Waals surface area contributed by atoms with E-state index in [1.807, 2.05) is 18.2 Å². The molecule has 0 saturated carbocycles. The molecule has 3 heteroatoms. The molecule has 2 aromatic rings. The van der Waals surface area contributed by atoms with Gasteiger partial charge in [0.2, 0.25) is 0 Å². The molecular weight excluding hydrogens is 314 g/mol. The number of nitrogens with two attached hydrogens (primary N) is 1. The highest BCUT2D eigenvalue weighted by molar-refractivity contribution is 9.10. The molecule has 0 amide bonds. The lowest BCUT2D eigenvalue weighted by atomic mass is 9.89. The standard InChI is InChI=1S/C17H18BrNO/c18-15-8-4-10-17(14(15)11-19)20-16-9-3-6-12-5-1-2-7-13(12)16/h1-2,4-5,7-8,10,16H,3,6,9,11,19H2. The Morgan fingerprint density at radius 1 is 1.15 bits per heavy atom. The van der Waals surface area contributed by atoms with Gasteiger partial charge in [-0.3, -0.25) is 0 Å². The average Bonchev–Trinajstić information content (AvgIpc) is 2.48. The Morgan fingerprint density at radius 3 is 2.85 bits per heavy atom. The minimum absolute atomic E-state index is 0.138. The lowest BCUT2D eigenvalue weighted by Gasteiger charge is -2.27. The smallest absolute Gasteiger partial charge is 0.125 e. The molecule has 2 aromatic carbocycles. The van der Waals surface area contributed by atoms with E-state index in [2.05, 4.69) is 40.2 Å². The lowest BCUT2D eigenvalue weighted by molar-refractivity contribution is 0.181. The summed E-state index contributed by atoms with van der Waals surface area (Å²) >= 11 is 3.54. The molecule has 0 radical (unpaired) electrons. The molecule has 1 aliphatic carbocycles. The van der Waals surface area contributed by atoms with Crippen LogP contribution in [0.25, 0.3) is 0 Å². The first-order chi connectivity index (χ1) is 9.79. The third-order valence-electron chi connectivity index (χ3n) is 3.86. The predicted octanol–water partition coefficient (Wildman–Crippen LogP) is 4.36. The number of aryl methyl sites for hydroxylation is 1. The van der Waals surface area contributed by atoms with Gasteiger partial charge in [0, 0.05) is 16.6 Å². The number of rotatable bonds is 3. The summed E-state index contributed by atoms with van der Waals surface area (Å²) in [4.78, 5) is 0. The maximum Gasteiger partial charge on any atom is 0.125 e. The summed E-state index contributed by atoms with van der Waals surface area (Å²) in [7, 11) is 0. The highest BCUT2D eigenvalue weighted by atomic mass is 79.9. The van der Waals surface area contributed by atoms with Gasteiger partial charge in [-0.05, 0) is 42.5 Å². The van der Waals surface area contributed by atoms with Crippen molar-refractivity contribution in [3.05, 3.63) is 63.6 Å². The van der Waals surface area contributed by atoms with E-state index in [4.69, 9.17) is 10.5 Å². The SMILES string of the molecule is NCc1c(Br)cccc1OC1CCCc2ccccc21. The summed E-state index contributed by atoms with van der Waals surface area (Å²) in [5.74, 6) is 0.892. The predicted molar refractivity (Wildman–Crippen MR) is 84.8 cm³/mol. The normalized spacial score (nSPS) is 17.6. The van der Waals surface area contributed by atoms with Gasteiger partial charge in [0.15, 0.2) is 0 Å². The van der Waals surface area contributed by atoms with Gasteiger partial charge in [0.05, 0.1) is 0 Å². The van der Waals surface area contributed by atoms with Crippen molar-refractivity contribution >= 4 is 15.9 Å². The summed E-state index contributed by atoms with van der Waals surface area (Å²) in [5, 5.41) is 0. The van der Waals surface area contributed by atoms with Gasteiger partial charge in [-0.2, -0.15) is 0 Å². The van der Waals surface area contributed by atoms with Gasteiger partial charge in [0.25, 0.3) is 0 Å². The summed E-state index contributed by atoms with van der Waals surface area (Å²) in [5.41, 5.74) is 9.61. The minimum atomic E-state index is 0.138. The van der Waals surface area contributed by atoms with Crippen LogP contribution in [0.4, 0.5) is 0 Å². The molecule has 20 heavy (non-hydrogen) atoms. The van der Waals surface area contributed by atoms with E-state index in [-0.39, 0.29) is 6.10 Å². The zero-order chi connectivity index (χ0) is 13.9. The van der Waals surface area contributed by atoms with Crippen LogP contribution in [-0.4, -0.2) is 0 Å². The Bertz CT molecular complexity index is 612. The third-order valence-corrected chi connectivity index (χ3v) is 4.61. The second kappa shape index (κ2) is 5.98. The van der Waals surface area contributed by atoms with Crippen molar-refractivity contribution in [3.8, 4) is 5.75 Å². The molecule has 2 nitrogen and oxygen atoms in total. The van der Waals surface area contributed by atoms with Crippen LogP contribution >= 0.6 is 15.9 Å². The first-order valence-corrected chi connectivity index (χ1v) is 7.81. The van der Waals surface area contributed by atoms with Gasteiger partial charge in [-0.15, -0.1) is 0 Å². The van der Waals surface area contributed by atoms with Gasteiger partial charge >= 0.3 is 0 Å². The molecule has 1 unspecified atom stereocenters. The number of halogens is 1. The van der Waals surface area contributed by atoms with Crippen molar-refractivity contribution in [2.24, 2.45) is 5.73 Å². The highest BCUT2D eigenvalue weighted by Gasteiger charge is 2.22. The monoisotopic (exact) mass is 331 g/mol. The van der Waals surface area contributed by atoms with E-state index in [0.717, 1.165) is 28.6 Å². The Labute approximate surface area is 128 Å². The van der Waals surface area contributed by atoms with Crippen LogP contribution < -0.4 is 10.5 Å². The van der Waals surface area contributed by atoms with E-state index >= 15 is 0 Å². The van der Waals surface area contributed by atoms with Gasteiger partial charge in [-0.25, -0.2) is 0 Å². The minimum Gasteiger partial charge on any atom is -0.485 e. The Morgan fingerprint density at radius 2 is 2.00 bits per heavy atom. The molecule has 0 spiro atoms. The van der Waals surface area contributed by atoms with Crippen molar-refractivity contribution in [1.82, 2.24) is 0 Å². The van der Waals surface area contributed by atoms with Gasteiger partial charge in [0.1, 0.15) is 11.9 Å². The fourth-order valence-corrected chi connectivity index (χ4v) is 3.34. The zero-order valence-corrected chi connectivity index (χ0v) is 12.9. The van der Waals surface area contributed by atoms with Gasteiger partial charge in [-0.1, -0.05) is 46.3 Å². The third kappa shape index (κ3) is 2.60. The van der Waals surface area contributed by atoms with Crippen molar-refractivity contribution in [3.63, 3.8) is 0 Å². The molecule has 0 heterocycles. The zero-order valence-electron chi connectivity index (χ0n) is 11.3. The van der Waals surface area contributed by atoms with Crippen LogP contribution in [0.3, 0.4) is 0 Å². The Balaban J connectivity index is 1.91. The molecule has 1 atom stereocenters. The van der Waals surface area contributed by atoms with E-state index in [1.54, 1.807) is 0 Å². The van der Waals surface area contributed by atoms with Crippen LogP contribution in [0.15, 0.2) is 46.9 Å². The molecule has 0 fully saturated rings. The molecule has 0 aromatic heterocycles. The second-order valence-corrected chi connectivity index (χ2v) is 5.97. The summed E-state index contributed by atoms with van der Waals surface area (Å²) in [6.45, 7) is 0.477. The van der Waals surface area contributed by atoms with E-state index in [1.165, 1.54) is 17.5 Å². The van der Waals surface area contributed by atoms with E-state index < -0.39 is 0 Å². The molecule has 0 bridgehead atoms. The van der Waals surface area contributed by atoms with Crippen LogP contribution in [-0.2, 0) is 13.0 Å². The summed E-state index contributed by atoms with van der Waals surface area (Å²) < 4.78 is 7.29. The highest BCUT2D eigenvalue weighted by Crippen LogP contribution is 2.36. The quantitative estimate of drug-likeness (QED) is 0.906. The number of hydrogen-bond acceptors (Lipinski definition) is 2. The largest absolute Gasteiger partial charge is 0.485 e. The molecule has 3 rings (SSSR count). The Hall–Kier alpha value is -1.32. The molecule has 0 aliphatic heterocycles. The lowest BCUT2D eigenvalue weighted by Crippen LogP contribution is -2.16. The number of benzene rings is 2. The van der Waals surface area contributed by atoms with Crippen LogP contribution in [0.1, 0.15) is 35.6 Å². The molecule has 1 aliphatic rings. The van der Waals surface area contributed by atoms with Crippen LogP contribution in [0.2, 0.25) is 0 Å². The second-order valence-electron chi connectivity index (χ2n) is 5.12. The van der Waals surface area contributed by atoms with Crippen molar-refractivity contribution in [2.45, 2.75) is 31.9 Å². The number of ether oxygens (including phenoxy) is 1. The molecule has 104 valence electrons. The topological polar surface area (TPSA) is 35.2 Å².